The average Bonchev–Trinajstić information content (AvgIpc) is 2.28. The molecule has 68 valence electrons. The second-order valence-electron chi connectivity index (χ2n) is 2.43. The molecule has 0 spiro atoms. The van der Waals surface area contributed by atoms with Gasteiger partial charge < -0.3 is 5.73 Å². The maximum atomic E-state index is 11.1. The fourth-order valence-corrected chi connectivity index (χ4v) is 0.983. The molecule has 1 rings (SSSR count). The van der Waals surface area contributed by atoms with Gasteiger partial charge in [-0.3, -0.25) is 9.48 Å². The van der Waals surface area contributed by atoms with Gasteiger partial charge in [0.25, 0.3) is 0 Å². The van der Waals surface area contributed by atoms with Crippen molar-refractivity contribution < 1.29 is 4.79 Å². The highest BCUT2D eigenvalue weighted by Gasteiger charge is 2.09. The third kappa shape index (κ3) is 2.06. The van der Waals surface area contributed by atoms with E-state index in [1.165, 1.54) is 0 Å². The van der Waals surface area contributed by atoms with Crippen molar-refractivity contribution in [3.63, 3.8) is 0 Å². The molecule has 1 heterocycles. The highest BCUT2D eigenvalue weighted by Crippen LogP contribution is 2.03. The van der Waals surface area contributed by atoms with E-state index in [1.807, 2.05) is 0 Å². The van der Waals surface area contributed by atoms with Crippen molar-refractivity contribution in [2.24, 2.45) is 12.8 Å². The van der Waals surface area contributed by atoms with Crippen molar-refractivity contribution in [3.05, 3.63) is 17.5 Å². The Bertz CT molecular complexity index is 282. The Labute approximate surface area is 77.2 Å². The zero-order valence-corrected chi connectivity index (χ0v) is 7.89. The first kappa shape index (κ1) is 11.1. The number of Topliss-reactive ketones (excluding diaryl/α,β-unsaturated/α-hetero) is 1. The second kappa shape index (κ2) is 4.23. The van der Waals surface area contributed by atoms with Gasteiger partial charge in [-0.1, -0.05) is 0 Å². The van der Waals surface area contributed by atoms with Crippen LogP contribution in [0.3, 0.4) is 0 Å². The van der Waals surface area contributed by atoms with Crippen LogP contribution >= 0.6 is 12.4 Å². The van der Waals surface area contributed by atoms with Gasteiger partial charge in [0.05, 0.1) is 17.8 Å². The largest absolute Gasteiger partial charge is 0.324 e. The average molecular weight is 190 g/mol. The van der Waals surface area contributed by atoms with E-state index in [1.54, 1.807) is 24.9 Å². The Morgan fingerprint density at radius 1 is 1.75 bits per heavy atom. The highest BCUT2D eigenvalue weighted by molar-refractivity contribution is 5.98. The van der Waals surface area contributed by atoms with Crippen LogP contribution in [-0.2, 0) is 7.05 Å². The number of carbonyl (C=O) groups is 1. The lowest BCUT2D eigenvalue weighted by atomic mass is 10.2. The first-order valence-electron chi connectivity index (χ1n) is 3.38. The number of ketones is 1. The van der Waals surface area contributed by atoms with Gasteiger partial charge in [0.15, 0.2) is 5.78 Å². The van der Waals surface area contributed by atoms with E-state index in [-0.39, 0.29) is 24.7 Å². The van der Waals surface area contributed by atoms with Crippen molar-refractivity contribution in [3.8, 4) is 0 Å². The van der Waals surface area contributed by atoms with E-state index in [0.29, 0.717) is 5.56 Å². The third-order valence-electron chi connectivity index (χ3n) is 1.50. The summed E-state index contributed by atoms with van der Waals surface area (Å²) < 4.78 is 1.61. The van der Waals surface area contributed by atoms with Gasteiger partial charge >= 0.3 is 0 Å². The molecule has 0 saturated heterocycles. The molecule has 1 aromatic rings. The zero-order valence-electron chi connectivity index (χ0n) is 7.07. The number of halogens is 1. The van der Waals surface area contributed by atoms with Crippen LogP contribution in [0.15, 0.2) is 6.20 Å². The number of aromatic nitrogens is 2. The van der Waals surface area contributed by atoms with Crippen molar-refractivity contribution in [1.29, 1.82) is 0 Å². The summed E-state index contributed by atoms with van der Waals surface area (Å²) in [6.07, 6.45) is 1.69. The van der Waals surface area contributed by atoms with Crippen LogP contribution in [0.5, 0.6) is 0 Å². The van der Waals surface area contributed by atoms with E-state index in [2.05, 4.69) is 5.10 Å². The maximum Gasteiger partial charge on any atom is 0.179 e. The molecule has 0 aliphatic carbocycles. The van der Waals surface area contributed by atoms with Crippen molar-refractivity contribution in [2.45, 2.75) is 6.92 Å². The van der Waals surface area contributed by atoms with Gasteiger partial charge in [0.1, 0.15) is 0 Å². The van der Waals surface area contributed by atoms with E-state index in [0.717, 1.165) is 5.69 Å². The van der Waals surface area contributed by atoms with Crippen LogP contribution in [0.4, 0.5) is 0 Å². The van der Waals surface area contributed by atoms with E-state index >= 15 is 0 Å². The number of nitrogens with two attached hydrogens (primary N) is 1. The van der Waals surface area contributed by atoms with Gasteiger partial charge in [0.2, 0.25) is 0 Å². The zero-order chi connectivity index (χ0) is 8.43. The number of rotatable bonds is 2. The van der Waals surface area contributed by atoms with Crippen LogP contribution in [0, 0.1) is 6.92 Å². The Balaban J connectivity index is 0.00000121. The Morgan fingerprint density at radius 2 is 2.33 bits per heavy atom. The van der Waals surface area contributed by atoms with Crippen LogP contribution in [0.25, 0.3) is 0 Å². The number of aryl methyl sites for hydroxylation is 2. The number of nitrogens with zero attached hydrogens (tertiary/aromatic N) is 2. The molecule has 0 atom stereocenters. The molecule has 0 amide bonds. The van der Waals surface area contributed by atoms with Gasteiger partial charge in [0, 0.05) is 13.2 Å². The van der Waals surface area contributed by atoms with Crippen molar-refractivity contribution in [2.75, 3.05) is 6.54 Å². The minimum absolute atomic E-state index is 0. The normalized spacial score (nSPS) is 9.25. The second-order valence-corrected chi connectivity index (χ2v) is 2.43. The highest BCUT2D eigenvalue weighted by atomic mass is 35.5. The molecule has 4 nitrogen and oxygen atoms in total. The summed E-state index contributed by atoms with van der Waals surface area (Å²) in [5.74, 6) is -0.0596. The van der Waals surface area contributed by atoms with Crippen LogP contribution in [0.1, 0.15) is 16.1 Å². The predicted octanol–water partition coefficient (Wildman–Crippen LogP) is 0.292. The molecule has 5 heteroatoms. The summed E-state index contributed by atoms with van der Waals surface area (Å²) in [7, 11) is 1.78. The standard InChI is InChI=1S/C7H11N3O.ClH/c1-5-6(7(11)3-8)4-10(2)9-5;/h4H,3,8H2,1-2H3;1H. The first-order chi connectivity index (χ1) is 5.15. The Morgan fingerprint density at radius 3 is 2.67 bits per heavy atom. The van der Waals surface area contributed by atoms with Crippen LogP contribution in [0.2, 0.25) is 0 Å². The molecular formula is C7H12ClN3O. The summed E-state index contributed by atoms with van der Waals surface area (Å²) >= 11 is 0. The molecular weight excluding hydrogens is 178 g/mol. The van der Waals surface area contributed by atoms with Gasteiger partial charge in [-0.2, -0.15) is 5.10 Å². The lowest BCUT2D eigenvalue weighted by Crippen LogP contribution is -2.13. The summed E-state index contributed by atoms with van der Waals surface area (Å²) in [6, 6.07) is 0. The molecule has 1 aromatic heterocycles. The molecule has 0 unspecified atom stereocenters. The summed E-state index contributed by atoms with van der Waals surface area (Å²) in [5, 5.41) is 4.02. The Kier molecular flexibility index (Phi) is 3.92. The molecule has 0 saturated carbocycles. The van der Waals surface area contributed by atoms with Crippen LogP contribution in [-0.4, -0.2) is 22.1 Å². The van der Waals surface area contributed by atoms with Gasteiger partial charge in [-0.25, -0.2) is 0 Å². The summed E-state index contributed by atoms with van der Waals surface area (Å²) in [4.78, 5) is 11.1. The molecule has 0 bridgehead atoms. The quantitative estimate of drug-likeness (QED) is 0.681. The smallest absolute Gasteiger partial charge is 0.179 e. The lowest BCUT2D eigenvalue weighted by molar-refractivity contribution is 0.100. The molecule has 0 aliphatic rings. The fraction of sp³-hybridized carbons (Fsp3) is 0.429. The minimum Gasteiger partial charge on any atom is -0.324 e. The predicted molar refractivity (Wildman–Crippen MR) is 48.6 cm³/mol. The van der Waals surface area contributed by atoms with E-state index < -0.39 is 0 Å². The number of hydrogen-bond donors (Lipinski definition) is 1. The van der Waals surface area contributed by atoms with Crippen LogP contribution < -0.4 is 5.73 Å². The summed E-state index contributed by atoms with van der Waals surface area (Å²) in [6.45, 7) is 1.84. The van der Waals surface area contributed by atoms with E-state index in [4.69, 9.17) is 5.73 Å². The monoisotopic (exact) mass is 189 g/mol. The van der Waals surface area contributed by atoms with Gasteiger partial charge in [-0.15, -0.1) is 12.4 Å². The fourth-order valence-electron chi connectivity index (χ4n) is 0.983. The lowest BCUT2D eigenvalue weighted by Gasteiger charge is -1.90. The van der Waals surface area contributed by atoms with Crippen molar-refractivity contribution in [1.82, 2.24) is 9.78 Å². The molecule has 0 fully saturated rings. The van der Waals surface area contributed by atoms with Gasteiger partial charge in [-0.05, 0) is 6.92 Å². The topological polar surface area (TPSA) is 60.9 Å². The number of hydrogen-bond acceptors (Lipinski definition) is 3. The summed E-state index contributed by atoms with van der Waals surface area (Å²) in [5.41, 5.74) is 6.55. The SMILES string of the molecule is Cc1nn(C)cc1C(=O)CN.Cl. The molecule has 12 heavy (non-hydrogen) atoms. The van der Waals surface area contributed by atoms with Crippen molar-refractivity contribution >= 4 is 18.2 Å². The third-order valence-corrected chi connectivity index (χ3v) is 1.50. The molecule has 0 aromatic carbocycles. The molecule has 0 radical (unpaired) electrons. The minimum atomic E-state index is -0.0596. The Hall–Kier alpha value is -0.870. The first-order valence-corrected chi connectivity index (χ1v) is 3.38. The van der Waals surface area contributed by atoms with E-state index in [9.17, 15) is 4.79 Å². The number of carbonyl (C=O) groups excluding carboxylic acids is 1. The maximum absolute atomic E-state index is 11.1. The molecule has 2 N–H and O–H groups in total. The molecule has 0 aliphatic heterocycles.